The van der Waals surface area contributed by atoms with Gasteiger partial charge in [-0.15, -0.1) is 0 Å². The highest BCUT2D eigenvalue weighted by atomic mass is 16.5. The number of esters is 1. The molecule has 0 radical (unpaired) electrons. The number of carbonyl (C=O) groups excluding carboxylic acids is 1. The Hall–Kier alpha value is -2.84. The van der Waals surface area contributed by atoms with E-state index in [-0.39, 0.29) is 11.5 Å². The fourth-order valence-electron chi connectivity index (χ4n) is 5.54. The lowest BCUT2D eigenvalue weighted by atomic mass is 9.70. The summed E-state index contributed by atoms with van der Waals surface area (Å²) in [6.45, 7) is 10.5. The lowest BCUT2D eigenvalue weighted by molar-refractivity contribution is -0.141. The van der Waals surface area contributed by atoms with Crippen molar-refractivity contribution in [3.63, 3.8) is 0 Å². The van der Waals surface area contributed by atoms with Gasteiger partial charge in [-0.3, -0.25) is 18.6 Å². The van der Waals surface area contributed by atoms with Crippen molar-refractivity contribution in [2.45, 2.75) is 66.5 Å². The number of aryl methyl sites for hydroxylation is 2. The molecule has 0 unspecified atom stereocenters. The van der Waals surface area contributed by atoms with Crippen molar-refractivity contribution in [3.8, 4) is 0 Å². The summed E-state index contributed by atoms with van der Waals surface area (Å²) in [6, 6.07) is 0.265. The average Bonchev–Trinajstić information content (AvgIpc) is 3.17. The van der Waals surface area contributed by atoms with Gasteiger partial charge in [0.15, 0.2) is 11.2 Å². The number of ether oxygens (including phenoxy) is 1. The molecule has 31 heavy (non-hydrogen) atoms. The van der Waals surface area contributed by atoms with Gasteiger partial charge in [-0.2, -0.15) is 4.98 Å². The Labute approximate surface area is 180 Å². The smallest absolute Gasteiger partial charge is 0.333 e. The topological polar surface area (TPSA) is 92.5 Å². The first kappa shape index (κ1) is 21.4. The highest BCUT2D eigenvalue weighted by Gasteiger charge is 2.35. The van der Waals surface area contributed by atoms with Crippen molar-refractivity contribution in [1.29, 1.82) is 0 Å². The van der Waals surface area contributed by atoms with E-state index in [2.05, 4.69) is 37.0 Å². The van der Waals surface area contributed by atoms with Crippen molar-refractivity contribution < 1.29 is 9.53 Å². The Morgan fingerprint density at radius 2 is 1.87 bits per heavy atom. The summed E-state index contributed by atoms with van der Waals surface area (Å²) in [5, 5.41) is 0. The van der Waals surface area contributed by atoms with Crippen molar-refractivity contribution >= 4 is 22.9 Å². The summed E-state index contributed by atoms with van der Waals surface area (Å²) in [6.07, 6.45) is 3.25. The third kappa shape index (κ3) is 3.21. The maximum absolute atomic E-state index is 13.3. The van der Waals surface area contributed by atoms with Crippen LogP contribution in [0.2, 0.25) is 0 Å². The van der Waals surface area contributed by atoms with Crippen molar-refractivity contribution in [2.75, 3.05) is 7.11 Å². The van der Waals surface area contributed by atoms with Crippen LogP contribution in [0, 0.1) is 25.2 Å². The van der Waals surface area contributed by atoms with Crippen LogP contribution in [0.4, 0.5) is 0 Å². The minimum atomic E-state index is -0.650. The van der Waals surface area contributed by atoms with Gasteiger partial charge < -0.3 is 9.30 Å². The first-order chi connectivity index (χ1) is 14.5. The SMILES string of the molecule is COC(=O)Cn1c(=O)c2c(nc3n([C@@H]4C[C@H](C)CC(C)(C)C4)c(C)c(C)n23)n(C)c1=O. The van der Waals surface area contributed by atoms with Crippen LogP contribution < -0.4 is 11.2 Å². The number of rotatable bonds is 3. The second-order valence-corrected chi connectivity index (χ2v) is 9.84. The Morgan fingerprint density at radius 3 is 2.48 bits per heavy atom. The van der Waals surface area contributed by atoms with Crippen LogP contribution in [0.3, 0.4) is 0 Å². The van der Waals surface area contributed by atoms with Crippen LogP contribution in [0.1, 0.15) is 57.5 Å². The predicted molar refractivity (Wildman–Crippen MR) is 118 cm³/mol. The first-order valence-corrected chi connectivity index (χ1v) is 10.7. The van der Waals surface area contributed by atoms with E-state index in [4.69, 9.17) is 4.98 Å². The number of carbonyl (C=O) groups is 1. The van der Waals surface area contributed by atoms with E-state index >= 15 is 0 Å². The maximum atomic E-state index is 13.3. The van der Waals surface area contributed by atoms with Crippen LogP contribution in [-0.2, 0) is 23.1 Å². The Morgan fingerprint density at radius 1 is 1.19 bits per heavy atom. The van der Waals surface area contributed by atoms with E-state index in [1.165, 1.54) is 18.1 Å². The van der Waals surface area contributed by atoms with Crippen molar-refractivity contribution in [3.05, 3.63) is 32.2 Å². The molecule has 9 nitrogen and oxygen atoms in total. The molecular weight excluding hydrogens is 398 g/mol. The molecule has 4 rings (SSSR count). The summed E-state index contributed by atoms with van der Waals surface area (Å²) in [4.78, 5) is 42.7. The van der Waals surface area contributed by atoms with Crippen molar-refractivity contribution in [2.24, 2.45) is 18.4 Å². The molecule has 3 heterocycles. The number of hydrogen-bond donors (Lipinski definition) is 0. The van der Waals surface area contributed by atoms with Gasteiger partial charge in [-0.1, -0.05) is 20.8 Å². The largest absolute Gasteiger partial charge is 0.468 e. The molecule has 0 aromatic carbocycles. The molecule has 0 aliphatic heterocycles. The summed E-state index contributed by atoms with van der Waals surface area (Å²) in [5.41, 5.74) is 1.71. The van der Waals surface area contributed by atoms with Gasteiger partial charge in [-0.05, 0) is 44.4 Å². The Balaban J connectivity index is 2.03. The number of hydrogen-bond acceptors (Lipinski definition) is 5. The van der Waals surface area contributed by atoms with Gasteiger partial charge in [0.1, 0.15) is 6.54 Å². The van der Waals surface area contributed by atoms with Crippen LogP contribution in [0.15, 0.2) is 9.59 Å². The Bertz CT molecular complexity index is 1320. The minimum absolute atomic E-state index is 0.218. The fraction of sp³-hybridized carbons (Fsp3) is 0.636. The van der Waals surface area contributed by atoms with E-state index in [0.29, 0.717) is 22.9 Å². The van der Waals surface area contributed by atoms with E-state index in [1.807, 2.05) is 11.3 Å². The number of imidazole rings is 2. The van der Waals surface area contributed by atoms with Gasteiger partial charge >= 0.3 is 11.7 Å². The molecule has 3 aromatic rings. The van der Waals surface area contributed by atoms with Gasteiger partial charge in [0.2, 0.25) is 5.78 Å². The molecule has 1 aliphatic rings. The third-order valence-electron chi connectivity index (χ3n) is 6.80. The zero-order valence-electron chi connectivity index (χ0n) is 19.4. The van der Waals surface area contributed by atoms with E-state index in [0.717, 1.165) is 28.8 Å². The zero-order chi connectivity index (χ0) is 22.8. The molecule has 0 bridgehead atoms. The van der Waals surface area contributed by atoms with Gasteiger partial charge in [-0.25, -0.2) is 9.36 Å². The van der Waals surface area contributed by atoms with Crippen molar-refractivity contribution in [1.82, 2.24) is 23.1 Å². The van der Waals surface area contributed by atoms with E-state index in [1.54, 1.807) is 7.05 Å². The first-order valence-electron chi connectivity index (χ1n) is 10.7. The quantitative estimate of drug-likeness (QED) is 0.596. The van der Waals surface area contributed by atoms with Crippen LogP contribution >= 0.6 is 0 Å². The molecule has 0 N–H and O–H groups in total. The molecule has 1 saturated carbocycles. The monoisotopic (exact) mass is 429 g/mol. The molecule has 0 amide bonds. The molecular formula is C22H31N5O4. The minimum Gasteiger partial charge on any atom is -0.468 e. The average molecular weight is 430 g/mol. The lowest BCUT2D eigenvalue weighted by Gasteiger charge is -2.40. The number of aromatic nitrogens is 5. The van der Waals surface area contributed by atoms with Crippen LogP contribution in [0.25, 0.3) is 16.9 Å². The molecule has 1 aliphatic carbocycles. The fourth-order valence-corrected chi connectivity index (χ4v) is 5.54. The molecule has 168 valence electrons. The lowest BCUT2D eigenvalue weighted by Crippen LogP contribution is -2.41. The summed E-state index contributed by atoms with van der Waals surface area (Å²) in [7, 11) is 2.80. The molecule has 3 aromatic heterocycles. The van der Waals surface area contributed by atoms with Gasteiger partial charge in [0, 0.05) is 24.5 Å². The maximum Gasteiger partial charge on any atom is 0.333 e. The molecule has 2 atom stereocenters. The van der Waals surface area contributed by atoms with Gasteiger partial charge in [0.25, 0.3) is 5.56 Å². The highest BCUT2D eigenvalue weighted by Crippen LogP contribution is 2.45. The van der Waals surface area contributed by atoms with E-state index in [9.17, 15) is 14.4 Å². The summed E-state index contributed by atoms with van der Waals surface area (Å²) < 4.78 is 11.0. The molecule has 1 fully saturated rings. The second kappa shape index (κ2) is 7.10. The van der Waals surface area contributed by atoms with Crippen LogP contribution in [0.5, 0.6) is 0 Å². The highest BCUT2D eigenvalue weighted by molar-refractivity contribution is 5.77. The zero-order valence-corrected chi connectivity index (χ0v) is 19.4. The summed E-state index contributed by atoms with van der Waals surface area (Å²) >= 11 is 0. The van der Waals surface area contributed by atoms with Gasteiger partial charge in [0.05, 0.1) is 7.11 Å². The number of nitrogens with zero attached hydrogens (tertiary/aromatic N) is 5. The molecule has 0 saturated heterocycles. The summed E-state index contributed by atoms with van der Waals surface area (Å²) in [5.74, 6) is 0.605. The Kier molecular flexibility index (Phi) is 4.90. The number of methoxy groups -OCH3 is 1. The second-order valence-electron chi connectivity index (χ2n) is 9.84. The predicted octanol–water partition coefficient (Wildman–Crippen LogP) is 2.33. The third-order valence-corrected chi connectivity index (χ3v) is 6.80. The molecule has 0 spiro atoms. The van der Waals surface area contributed by atoms with Crippen LogP contribution in [-0.4, -0.2) is 36.2 Å². The van der Waals surface area contributed by atoms with E-state index < -0.39 is 23.8 Å². The molecule has 9 heteroatoms. The normalized spacial score (nSPS) is 21.1. The standard InChI is InChI=1S/C22H31N5O4/c1-12-8-15(10-22(4,5)9-12)26-13(2)14(3)27-17-18(23-20(26)27)24(6)21(30)25(19(17)29)11-16(28)31-7/h12,15H,8-11H2,1-7H3/t12-,15+/m0/s1. The number of fused-ring (bicyclic) bond motifs is 3.